The van der Waals surface area contributed by atoms with Gasteiger partial charge in [-0.2, -0.15) is 31.6 Å². The predicted octanol–water partition coefficient (Wildman–Crippen LogP) is 6.44. The lowest BCUT2D eigenvalue weighted by atomic mass is 10.1. The molecule has 1 amide bonds. The van der Waals surface area contributed by atoms with Gasteiger partial charge in [-0.25, -0.2) is 14.8 Å². The van der Waals surface area contributed by atoms with Crippen molar-refractivity contribution in [3.63, 3.8) is 0 Å². The molecule has 0 atom stereocenters. The third-order valence-corrected chi connectivity index (χ3v) is 7.37. The number of aromatic nitrogens is 2. The molecule has 0 unspecified atom stereocenters. The fraction of sp³-hybridized carbons (Fsp3) is 0.619. The molecule has 0 aromatic carbocycles. The first-order valence-corrected chi connectivity index (χ1v) is 12.2. The van der Waals surface area contributed by atoms with Gasteiger partial charge in [0.25, 0.3) is 0 Å². The van der Waals surface area contributed by atoms with Gasteiger partial charge in [0, 0.05) is 22.7 Å². The number of nitriles is 1. The number of carbonyl (C=O) groups is 1. The van der Waals surface area contributed by atoms with Crippen LogP contribution in [0.1, 0.15) is 67.9 Å². The molecule has 14 heteroatoms. The fourth-order valence-electron chi connectivity index (χ4n) is 2.94. The van der Waals surface area contributed by atoms with Gasteiger partial charge in [0.15, 0.2) is 11.4 Å². The molecule has 2 aromatic rings. The fourth-order valence-corrected chi connectivity index (χ4v) is 5.07. The van der Waals surface area contributed by atoms with Crippen LogP contribution in [0.15, 0.2) is 10.8 Å². The molecule has 2 saturated carbocycles. The summed E-state index contributed by atoms with van der Waals surface area (Å²) in [5.41, 5.74) is -3.55. The number of ether oxygens (including phenoxy) is 1. The highest BCUT2D eigenvalue weighted by atomic mass is 32.1. The van der Waals surface area contributed by atoms with E-state index in [1.807, 2.05) is 6.07 Å². The highest BCUT2D eigenvalue weighted by Crippen LogP contribution is 2.50. The summed E-state index contributed by atoms with van der Waals surface area (Å²) in [7, 11) is 0. The number of halogens is 6. The number of thiazole rings is 2. The molecule has 1 N–H and O–H groups in total. The molecule has 2 aromatic heterocycles. The number of hydrogen-bond acceptors (Lipinski definition) is 7. The SMILES string of the molecule is CC(C)(C)OC(=O)NCC1(c2nc(C(F)(F)F)cs2)CC1.N#CC1(c2nc(C(F)(F)F)cs2)CC1. The molecule has 0 aliphatic heterocycles. The van der Waals surface area contributed by atoms with E-state index in [4.69, 9.17) is 10.00 Å². The monoisotopic (exact) mass is 540 g/mol. The second-order valence-corrected chi connectivity index (χ2v) is 11.1. The third-order valence-electron chi connectivity index (χ3n) is 5.24. The first-order valence-electron chi connectivity index (χ1n) is 10.4. The molecular formula is C21H22F6N4O2S2. The van der Waals surface area contributed by atoms with Gasteiger partial charge in [0.1, 0.15) is 21.0 Å². The maximum Gasteiger partial charge on any atom is 0.434 e. The predicted molar refractivity (Wildman–Crippen MR) is 116 cm³/mol. The maximum absolute atomic E-state index is 12.6. The van der Waals surface area contributed by atoms with Crippen molar-refractivity contribution in [1.82, 2.24) is 15.3 Å². The number of amides is 1. The van der Waals surface area contributed by atoms with Crippen LogP contribution in [0, 0.1) is 11.3 Å². The van der Waals surface area contributed by atoms with Gasteiger partial charge in [-0.3, -0.25) is 0 Å². The standard InChI is InChI=1S/C13H17F3N2O2S.C8H5F3N2S/c1-11(2,3)20-10(19)17-7-12(4-5-12)9-18-8(6-21-9)13(14,15)16;9-8(10,11)5-3-14-6(13-5)7(4-12)1-2-7/h6H,4-5,7H2,1-3H3,(H,17,19);3H,1-2H2. The van der Waals surface area contributed by atoms with Gasteiger partial charge in [0.05, 0.1) is 6.07 Å². The molecule has 0 radical (unpaired) electrons. The Morgan fingerprint density at radius 3 is 1.86 bits per heavy atom. The lowest BCUT2D eigenvalue weighted by Crippen LogP contribution is -2.37. The summed E-state index contributed by atoms with van der Waals surface area (Å²) in [5, 5.41) is 14.1. The van der Waals surface area contributed by atoms with Crippen molar-refractivity contribution in [2.24, 2.45) is 0 Å². The zero-order chi connectivity index (χ0) is 26.3. The summed E-state index contributed by atoms with van der Waals surface area (Å²) in [6, 6.07) is 2.01. The Bertz CT molecular complexity index is 1100. The zero-order valence-electron chi connectivity index (χ0n) is 18.9. The van der Waals surface area contributed by atoms with Crippen molar-refractivity contribution < 1.29 is 35.9 Å². The quantitative estimate of drug-likeness (QED) is 0.451. The largest absolute Gasteiger partial charge is 0.444 e. The van der Waals surface area contributed by atoms with Crippen molar-refractivity contribution in [1.29, 1.82) is 5.26 Å². The smallest absolute Gasteiger partial charge is 0.434 e. The van der Waals surface area contributed by atoms with Crippen molar-refractivity contribution in [3.05, 3.63) is 32.2 Å². The Kier molecular flexibility index (Phi) is 7.18. The number of alkyl halides is 6. The van der Waals surface area contributed by atoms with Crippen LogP contribution in [0.2, 0.25) is 0 Å². The Labute approximate surface area is 205 Å². The van der Waals surface area contributed by atoms with E-state index < -0.39 is 46.3 Å². The third kappa shape index (κ3) is 6.84. The molecule has 6 nitrogen and oxygen atoms in total. The zero-order valence-corrected chi connectivity index (χ0v) is 20.6. The summed E-state index contributed by atoms with van der Waals surface area (Å²) in [6.07, 6.45) is -6.73. The van der Waals surface area contributed by atoms with Crippen molar-refractivity contribution >= 4 is 28.8 Å². The van der Waals surface area contributed by atoms with E-state index in [2.05, 4.69) is 15.3 Å². The average molecular weight is 541 g/mol. The van der Waals surface area contributed by atoms with Crippen LogP contribution < -0.4 is 5.32 Å². The van der Waals surface area contributed by atoms with Gasteiger partial charge < -0.3 is 10.1 Å². The highest BCUT2D eigenvalue weighted by Gasteiger charge is 2.49. The molecular weight excluding hydrogens is 518 g/mol. The normalized spacial score (nSPS) is 18.1. The minimum atomic E-state index is -4.43. The molecule has 0 saturated heterocycles. The van der Waals surface area contributed by atoms with E-state index in [0.717, 1.165) is 33.4 Å². The molecule has 2 aliphatic rings. The molecule has 2 heterocycles. The van der Waals surface area contributed by atoms with Crippen molar-refractivity contribution in [2.45, 2.75) is 75.2 Å². The summed E-state index contributed by atoms with van der Waals surface area (Å²) in [5.74, 6) is 0. The Morgan fingerprint density at radius 1 is 1.00 bits per heavy atom. The minimum Gasteiger partial charge on any atom is -0.444 e. The van der Waals surface area contributed by atoms with E-state index in [1.165, 1.54) is 0 Å². The topological polar surface area (TPSA) is 87.9 Å². The second kappa shape index (κ2) is 9.24. The molecule has 35 heavy (non-hydrogen) atoms. The minimum absolute atomic E-state index is 0.243. The summed E-state index contributed by atoms with van der Waals surface area (Å²) in [6.45, 7) is 5.48. The van der Waals surface area contributed by atoms with E-state index in [1.54, 1.807) is 20.8 Å². The lowest BCUT2D eigenvalue weighted by molar-refractivity contribution is -0.141. The maximum atomic E-state index is 12.6. The molecule has 2 fully saturated rings. The van der Waals surface area contributed by atoms with Crippen LogP contribution in [0.3, 0.4) is 0 Å². The summed E-state index contributed by atoms with van der Waals surface area (Å²) in [4.78, 5) is 18.7. The number of nitrogens with zero attached hydrogens (tertiary/aromatic N) is 3. The van der Waals surface area contributed by atoms with Crippen LogP contribution in [0.25, 0.3) is 0 Å². The molecule has 0 bridgehead atoms. The van der Waals surface area contributed by atoms with Crippen LogP contribution in [-0.4, -0.2) is 28.2 Å². The number of nitrogens with one attached hydrogen (secondary N) is 1. The Morgan fingerprint density at radius 2 is 1.49 bits per heavy atom. The Hall–Kier alpha value is -2.40. The van der Waals surface area contributed by atoms with Gasteiger partial charge in [-0.15, -0.1) is 22.7 Å². The summed E-state index contributed by atoms with van der Waals surface area (Å²) >= 11 is 1.90. The molecule has 4 rings (SSSR count). The van der Waals surface area contributed by atoms with Gasteiger partial charge >= 0.3 is 18.4 Å². The van der Waals surface area contributed by atoms with Crippen molar-refractivity contribution in [3.8, 4) is 6.07 Å². The molecule has 192 valence electrons. The van der Waals surface area contributed by atoms with Crippen LogP contribution in [0.5, 0.6) is 0 Å². The summed E-state index contributed by atoms with van der Waals surface area (Å²) < 4.78 is 79.3. The number of carbonyl (C=O) groups excluding carboxylic acids is 1. The Balaban J connectivity index is 0.000000211. The first-order chi connectivity index (χ1) is 16.0. The van der Waals surface area contributed by atoms with E-state index in [9.17, 15) is 31.1 Å². The first kappa shape index (κ1) is 27.2. The second-order valence-electron chi connectivity index (χ2n) is 9.40. The number of alkyl carbamates (subject to hydrolysis) is 1. The van der Waals surface area contributed by atoms with E-state index in [0.29, 0.717) is 35.7 Å². The number of rotatable bonds is 4. The van der Waals surface area contributed by atoms with E-state index in [-0.39, 0.29) is 6.54 Å². The van der Waals surface area contributed by atoms with Crippen LogP contribution in [0.4, 0.5) is 31.1 Å². The number of hydrogen-bond donors (Lipinski definition) is 1. The van der Waals surface area contributed by atoms with Crippen LogP contribution in [-0.2, 0) is 27.9 Å². The van der Waals surface area contributed by atoms with E-state index >= 15 is 0 Å². The lowest BCUT2D eigenvalue weighted by Gasteiger charge is -2.21. The van der Waals surface area contributed by atoms with Gasteiger partial charge in [-0.1, -0.05) is 0 Å². The van der Waals surface area contributed by atoms with Crippen molar-refractivity contribution in [2.75, 3.05) is 6.54 Å². The van der Waals surface area contributed by atoms with Crippen LogP contribution >= 0.6 is 22.7 Å². The molecule has 2 aliphatic carbocycles. The van der Waals surface area contributed by atoms with Gasteiger partial charge in [0.2, 0.25) is 0 Å². The van der Waals surface area contributed by atoms with Gasteiger partial charge in [-0.05, 0) is 46.5 Å². The highest BCUT2D eigenvalue weighted by molar-refractivity contribution is 7.10. The average Bonchev–Trinajstić information content (AvgIpc) is 3.56. The molecule has 0 spiro atoms.